The van der Waals surface area contributed by atoms with Crippen molar-refractivity contribution < 1.29 is 8.85 Å². The minimum atomic E-state index is -1.84. The van der Waals surface area contributed by atoms with Crippen LogP contribution in [-0.2, 0) is 8.85 Å². The van der Waals surface area contributed by atoms with Gasteiger partial charge in [0.2, 0.25) is 0 Å². The van der Waals surface area contributed by atoms with Crippen LogP contribution in [0.5, 0.6) is 0 Å². The van der Waals surface area contributed by atoms with Crippen LogP contribution >= 0.6 is 0 Å². The van der Waals surface area contributed by atoms with E-state index in [-0.39, 0.29) is 5.04 Å². The Morgan fingerprint density at radius 3 is 1.91 bits per heavy atom. The molecule has 1 fully saturated rings. The van der Waals surface area contributed by atoms with E-state index in [2.05, 4.69) is 118 Å². The van der Waals surface area contributed by atoms with Gasteiger partial charge < -0.3 is 8.85 Å². The fourth-order valence-corrected chi connectivity index (χ4v) is 12.7. The Kier molecular flexibility index (Phi) is 10.3. The molecule has 1 saturated heterocycles. The van der Waals surface area contributed by atoms with Crippen molar-refractivity contribution in [2.45, 2.75) is 135 Å². The van der Waals surface area contributed by atoms with Crippen LogP contribution in [0.2, 0.25) is 34.8 Å². The predicted molar refractivity (Wildman–Crippen MR) is 154 cm³/mol. The van der Waals surface area contributed by atoms with E-state index in [4.69, 9.17) is 8.85 Å². The third kappa shape index (κ3) is 6.85. The Hall–Kier alpha value is -0.466. The Balaban J connectivity index is 2.09. The van der Waals surface area contributed by atoms with Gasteiger partial charge in [0.25, 0.3) is 0 Å². The van der Waals surface area contributed by atoms with Crippen molar-refractivity contribution in [3.63, 3.8) is 0 Å². The Labute approximate surface area is 214 Å². The molecular weight excluding hydrogens is 450 g/mol. The SMILES string of the molecule is CC(C)[Si](OCCC[C@@H](O[Si](C)(C)C(C)(C)C)[C@@H]1CN1[C@@H](C)c1ccccc1)(C(C)C)C(C)C. The van der Waals surface area contributed by atoms with E-state index in [1.54, 1.807) is 0 Å². The second-order valence-electron chi connectivity index (χ2n) is 13.1. The van der Waals surface area contributed by atoms with Gasteiger partial charge in [-0.25, -0.2) is 0 Å². The minimum absolute atomic E-state index is 0.224. The summed E-state index contributed by atoms with van der Waals surface area (Å²) in [6, 6.07) is 11.9. The van der Waals surface area contributed by atoms with Crippen molar-refractivity contribution >= 4 is 16.6 Å². The quantitative estimate of drug-likeness (QED) is 0.152. The molecule has 0 saturated carbocycles. The molecule has 0 N–H and O–H groups in total. The number of hydrogen-bond donors (Lipinski definition) is 0. The molecule has 196 valence electrons. The first-order valence-electron chi connectivity index (χ1n) is 13.8. The smallest absolute Gasteiger partial charge is 0.200 e. The molecule has 3 nitrogen and oxygen atoms in total. The summed E-state index contributed by atoms with van der Waals surface area (Å²) >= 11 is 0. The predicted octanol–water partition coefficient (Wildman–Crippen LogP) is 8.79. The zero-order valence-electron chi connectivity index (χ0n) is 24.4. The van der Waals surface area contributed by atoms with Crippen LogP contribution in [0, 0.1) is 0 Å². The number of benzene rings is 1. The van der Waals surface area contributed by atoms with Crippen LogP contribution < -0.4 is 0 Å². The fraction of sp³-hybridized carbons (Fsp3) is 0.793. The summed E-state index contributed by atoms with van der Waals surface area (Å²) in [5.41, 5.74) is 3.31. The molecule has 1 aromatic rings. The topological polar surface area (TPSA) is 21.5 Å². The summed E-state index contributed by atoms with van der Waals surface area (Å²) in [7, 11) is -3.65. The van der Waals surface area contributed by atoms with Crippen LogP contribution in [0.15, 0.2) is 30.3 Å². The van der Waals surface area contributed by atoms with E-state index in [9.17, 15) is 0 Å². The van der Waals surface area contributed by atoms with Gasteiger partial charge in [0.05, 0.1) is 6.10 Å². The number of hydrogen-bond acceptors (Lipinski definition) is 3. The second-order valence-corrected chi connectivity index (χ2v) is 23.3. The summed E-state index contributed by atoms with van der Waals surface area (Å²) < 4.78 is 14.0. The van der Waals surface area contributed by atoms with Crippen molar-refractivity contribution in [1.82, 2.24) is 4.90 Å². The Morgan fingerprint density at radius 2 is 1.44 bits per heavy atom. The minimum Gasteiger partial charge on any atom is -0.416 e. The molecule has 5 heteroatoms. The molecule has 1 aromatic carbocycles. The highest BCUT2D eigenvalue weighted by molar-refractivity contribution is 6.77. The molecule has 0 aromatic heterocycles. The third-order valence-corrected chi connectivity index (χ3v) is 19.5. The average molecular weight is 506 g/mol. The summed E-state index contributed by atoms with van der Waals surface area (Å²) in [6.45, 7) is 30.5. The summed E-state index contributed by atoms with van der Waals surface area (Å²) in [4.78, 5) is 2.63. The van der Waals surface area contributed by atoms with Crippen molar-refractivity contribution in [3.05, 3.63) is 35.9 Å². The largest absolute Gasteiger partial charge is 0.416 e. The Bertz CT molecular complexity index is 720. The Morgan fingerprint density at radius 1 is 0.912 bits per heavy atom. The standard InChI is InChI=1S/C29H55NO2Si2/c1-22(2)34(23(3)4,24(5)6)31-20-16-19-28(32-33(11,12)29(8,9)10)27-21-30(27)25(7)26-17-14-13-15-18-26/h13-15,17-18,22-25,27-28H,16,19-21H2,1-12H3/t25-,27-,28+,30?/m0/s1. The maximum absolute atomic E-state index is 7.07. The molecule has 1 aliphatic heterocycles. The molecule has 2 rings (SSSR count). The van der Waals surface area contributed by atoms with Gasteiger partial charge >= 0.3 is 0 Å². The average Bonchev–Trinajstić information content (AvgIpc) is 3.52. The maximum atomic E-state index is 7.07. The lowest BCUT2D eigenvalue weighted by Gasteiger charge is -2.42. The summed E-state index contributed by atoms with van der Waals surface area (Å²) in [5, 5.41) is 0.224. The van der Waals surface area contributed by atoms with Crippen LogP contribution in [0.25, 0.3) is 0 Å². The first-order chi connectivity index (χ1) is 15.6. The molecule has 0 spiro atoms. The van der Waals surface area contributed by atoms with Crippen LogP contribution in [-0.4, -0.2) is 46.8 Å². The van der Waals surface area contributed by atoms with Gasteiger partial charge in [0.15, 0.2) is 16.6 Å². The molecule has 1 heterocycles. The van der Waals surface area contributed by atoms with Crippen LogP contribution in [0.3, 0.4) is 0 Å². The zero-order chi connectivity index (χ0) is 25.9. The maximum Gasteiger partial charge on any atom is 0.200 e. The summed E-state index contributed by atoms with van der Waals surface area (Å²) in [5.74, 6) is 0. The van der Waals surface area contributed by atoms with Gasteiger partial charge in [-0.15, -0.1) is 0 Å². The highest BCUT2D eigenvalue weighted by Crippen LogP contribution is 2.44. The molecule has 0 amide bonds. The summed E-state index contributed by atoms with van der Waals surface area (Å²) in [6.07, 6.45) is 2.47. The lowest BCUT2D eigenvalue weighted by molar-refractivity contribution is 0.135. The fourth-order valence-electron chi connectivity index (χ4n) is 5.79. The lowest BCUT2D eigenvalue weighted by atomic mass is 10.1. The first kappa shape index (κ1) is 29.8. The molecule has 0 aliphatic carbocycles. The first-order valence-corrected chi connectivity index (χ1v) is 18.8. The monoisotopic (exact) mass is 505 g/mol. The van der Waals surface area contributed by atoms with Gasteiger partial charge in [-0.2, -0.15) is 0 Å². The van der Waals surface area contributed by atoms with E-state index in [1.807, 2.05) is 0 Å². The highest BCUT2D eigenvalue weighted by Gasteiger charge is 2.49. The van der Waals surface area contributed by atoms with E-state index in [0.717, 1.165) is 26.0 Å². The molecule has 0 bridgehead atoms. The molecule has 0 radical (unpaired) electrons. The van der Waals surface area contributed by atoms with Gasteiger partial charge in [0, 0.05) is 25.2 Å². The van der Waals surface area contributed by atoms with Crippen molar-refractivity contribution in [2.75, 3.05) is 13.2 Å². The van der Waals surface area contributed by atoms with E-state index < -0.39 is 16.6 Å². The molecule has 1 aliphatic rings. The van der Waals surface area contributed by atoms with E-state index >= 15 is 0 Å². The number of rotatable bonds is 13. The number of nitrogens with zero attached hydrogens (tertiary/aromatic N) is 1. The third-order valence-electron chi connectivity index (χ3n) is 8.84. The van der Waals surface area contributed by atoms with Gasteiger partial charge in [-0.3, -0.25) is 4.90 Å². The van der Waals surface area contributed by atoms with Gasteiger partial charge in [-0.1, -0.05) is 92.6 Å². The van der Waals surface area contributed by atoms with Crippen molar-refractivity contribution in [3.8, 4) is 0 Å². The molecule has 1 unspecified atom stereocenters. The second kappa shape index (κ2) is 11.7. The molecule has 4 atom stereocenters. The van der Waals surface area contributed by atoms with Crippen molar-refractivity contribution in [2.24, 2.45) is 0 Å². The normalized spacial score (nSPS) is 21.4. The van der Waals surface area contributed by atoms with Gasteiger partial charge in [0.1, 0.15) is 0 Å². The van der Waals surface area contributed by atoms with E-state index in [1.165, 1.54) is 5.56 Å². The van der Waals surface area contributed by atoms with Crippen molar-refractivity contribution in [1.29, 1.82) is 0 Å². The highest BCUT2D eigenvalue weighted by atomic mass is 28.4. The van der Waals surface area contributed by atoms with Crippen LogP contribution in [0.4, 0.5) is 0 Å². The molecular formula is C29H55NO2Si2. The van der Waals surface area contributed by atoms with Crippen LogP contribution in [0.1, 0.15) is 93.7 Å². The van der Waals surface area contributed by atoms with Gasteiger partial charge in [-0.05, 0) is 60.1 Å². The zero-order valence-corrected chi connectivity index (χ0v) is 26.4. The molecule has 34 heavy (non-hydrogen) atoms. The van der Waals surface area contributed by atoms with E-state index in [0.29, 0.717) is 34.8 Å². The lowest BCUT2D eigenvalue weighted by Crippen LogP contribution is -2.48.